The van der Waals surface area contributed by atoms with Gasteiger partial charge in [-0.1, -0.05) is 17.7 Å². The Balaban J connectivity index is 1.82. The van der Waals surface area contributed by atoms with Crippen molar-refractivity contribution in [3.8, 4) is 11.5 Å². The SMILES string of the molecule is COc1ccc(CNC(=O)CNC(=O)c2ccc(Cl)cc2)cc1OC. The quantitative estimate of drug-likeness (QED) is 0.793. The Morgan fingerprint density at radius 2 is 1.64 bits per heavy atom. The second-order valence-corrected chi connectivity index (χ2v) is 5.59. The van der Waals surface area contributed by atoms with E-state index in [2.05, 4.69) is 10.6 Å². The van der Waals surface area contributed by atoms with E-state index in [0.717, 1.165) is 5.56 Å². The van der Waals surface area contributed by atoms with E-state index < -0.39 is 0 Å². The minimum Gasteiger partial charge on any atom is -0.493 e. The van der Waals surface area contributed by atoms with E-state index in [9.17, 15) is 9.59 Å². The van der Waals surface area contributed by atoms with Crippen molar-refractivity contribution < 1.29 is 19.1 Å². The van der Waals surface area contributed by atoms with Gasteiger partial charge in [0.05, 0.1) is 20.8 Å². The van der Waals surface area contributed by atoms with Crippen molar-refractivity contribution in [3.63, 3.8) is 0 Å². The predicted octanol–water partition coefficient (Wildman–Crippen LogP) is 2.40. The summed E-state index contributed by atoms with van der Waals surface area (Å²) in [5.41, 5.74) is 1.30. The molecule has 0 heterocycles. The zero-order valence-electron chi connectivity index (χ0n) is 14.0. The van der Waals surface area contributed by atoms with Gasteiger partial charge in [0.2, 0.25) is 5.91 Å². The molecule has 0 aliphatic heterocycles. The summed E-state index contributed by atoms with van der Waals surface area (Å²) in [6, 6.07) is 11.8. The molecule has 2 rings (SSSR count). The molecule has 0 unspecified atom stereocenters. The maximum atomic E-state index is 11.9. The van der Waals surface area contributed by atoms with Crippen molar-refractivity contribution in [2.45, 2.75) is 6.54 Å². The smallest absolute Gasteiger partial charge is 0.251 e. The normalized spacial score (nSPS) is 10.0. The molecule has 0 saturated heterocycles. The first-order chi connectivity index (χ1) is 12.0. The number of halogens is 1. The average Bonchev–Trinajstić information content (AvgIpc) is 2.64. The fourth-order valence-electron chi connectivity index (χ4n) is 2.12. The van der Waals surface area contributed by atoms with Gasteiger partial charge >= 0.3 is 0 Å². The van der Waals surface area contributed by atoms with Crippen molar-refractivity contribution in [2.24, 2.45) is 0 Å². The third-order valence-electron chi connectivity index (χ3n) is 3.45. The third-order valence-corrected chi connectivity index (χ3v) is 3.71. The molecule has 2 N–H and O–H groups in total. The van der Waals surface area contributed by atoms with Crippen LogP contribution in [0.2, 0.25) is 5.02 Å². The lowest BCUT2D eigenvalue weighted by atomic mass is 10.2. The minimum atomic E-state index is -0.335. The molecule has 2 amide bonds. The summed E-state index contributed by atoms with van der Waals surface area (Å²) in [5.74, 6) is 0.577. The Hall–Kier alpha value is -2.73. The molecule has 0 aromatic heterocycles. The first kappa shape index (κ1) is 18.6. The van der Waals surface area contributed by atoms with Crippen LogP contribution in [0.5, 0.6) is 11.5 Å². The summed E-state index contributed by atoms with van der Waals surface area (Å²) >= 11 is 5.77. The number of rotatable bonds is 7. The van der Waals surface area contributed by atoms with Crippen LogP contribution in [0.15, 0.2) is 42.5 Å². The highest BCUT2D eigenvalue weighted by Gasteiger charge is 2.09. The Morgan fingerprint density at radius 1 is 0.960 bits per heavy atom. The molecule has 0 radical (unpaired) electrons. The van der Waals surface area contributed by atoms with Gasteiger partial charge in [-0.2, -0.15) is 0 Å². The minimum absolute atomic E-state index is 0.116. The average molecular weight is 363 g/mol. The Labute approximate surface area is 151 Å². The van der Waals surface area contributed by atoms with Crippen LogP contribution in [0.4, 0.5) is 0 Å². The Bertz CT molecular complexity index is 747. The van der Waals surface area contributed by atoms with Crippen molar-refractivity contribution >= 4 is 23.4 Å². The molecule has 2 aromatic rings. The maximum Gasteiger partial charge on any atom is 0.251 e. The largest absolute Gasteiger partial charge is 0.493 e. The molecule has 25 heavy (non-hydrogen) atoms. The van der Waals surface area contributed by atoms with Crippen molar-refractivity contribution in [1.82, 2.24) is 10.6 Å². The van der Waals surface area contributed by atoms with E-state index in [1.807, 2.05) is 6.07 Å². The molecule has 6 nitrogen and oxygen atoms in total. The summed E-state index contributed by atoms with van der Waals surface area (Å²) in [6.45, 7) is 0.199. The Morgan fingerprint density at radius 3 is 2.28 bits per heavy atom. The number of amides is 2. The number of hydrogen-bond acceptors (Lipinski definition) is 4. The van der Waals surface area contributed by atoms with E-state index in [1.165, 1.54) is 0 Å². The fourth-order valence-corrected chi connectivity index (χ4v) is 2.24. The van der Waals surface area contributed by atoms with Crippen LogP contribution in [0.25, 0.3) is 0 Å². The van der Waals surface area contributed by atoms with Gasteiger partial charge in [0.1, 0.15) is 0 Å². The molecule has 2 aromatic carbocycles. The van der Waals surface area contributed by atoms with E-state index in [4.69, 9.17) is 21.1 Å². The van der Waals surface area contributed by atoms with Gasteiger partial charge in [0, 0.05) is 17.1 Å². The van der Waals surface area contributed by atoms with Gasteiger partial charge in [-0.05, 0) is 42.0 Å². The highest BCUT2D eigenvalue weighted by atomic mass is 35.5. The molecule has 132 valence electrons. The van der Waals surface area contributed by atoms with Gasteiger partial charge < -0.3 is 20.1 Å². The molecule has 0 aliphatic rings. The van der Waals surface area contributed by atoms with Crippen molar-refractivity contribution in [3.05, 3.63) is 58.6 Å². The lowest BCUT2D eigenvalue weighted by molar-refractivity contribution is -0.120. The second kappa shape index (κ2) is 8.94. The lowest BCUT2D eigenvalue weighted by Gasteiger charge is -2.11. The lowest BCUT2D eigenvalue weighted by Crippen LogP contribution is -2.36. The second-order valence-electron chi connectivity index (χ2n) is 5.16. The van der Waals surface area contributed by atoms with Gasteiger partial charge in [0.25, 0.3) is 5.91 Å². The van der Waals surface area contributed by atoms with E-state index >= 15 is 0 Å². The predicted molar refractivity (Wildman–Crippen MR) is 95.2 cm³/mol. The molecule has 7 heteroatoms. The first-order valence-corrected chi connectivity index (χ1v) is 7.92. The third kappa shape index (κ3) is 5.39. The van der Waals surface area contributed by atoms with Crippen molar-refractivity contribution in [2.75, 3.05) is 20.8 Å². The number of ether oxygens (including phenoxy) is 2. The molecule has 0 spiro atoms. The van der Waals surface area contributed by atoms with E-state index in [0.29, 0.717) is 28.6 Å². The van der Waals surface area contributed by atoms with E-state index in [1.54, 1.807) is 50.6 Å². The van der Waals surface area contributed by atoms with Crippen LogP contribution >= 0.6 is 11.6 Å². The molecule has 0 atom stereocenters. The molecular formula is C18H19ClN2O4. The molecule has 0 fully saturated rings. The number of nitrogens with one attached hydrogen (secondary N) is 2. The van der Waals surface area contributed by atoms with Gasteiger partial charge in [-0.25, -0.2) is 0 Å². The number of methoxy groups -OCH3 is 2. The standard InChI is InChI=1S/C18H19ClN2O4/c1-24-15-8-3-12(9-16(15)25-2)10-20-17(22)11-21-18(23)13-4-6-14(19)7-5-13/h3-9H,10-11H2,1-2H3,(H,20,22)(H,21,23). The molecule has 0 saturated carbocycles. The van der Waals surface area contributed by atoms with Crippen LogP contribution in [0.3, 0.4) is 0 Å². The first-order valence-electron chi connectivity index (χ1n) is 7.55. The fraction of sp³-hybridized carbons (Fsp3) is 0.222. The van der Waals surface area contributed by atoms with Crippen LogP contribution in [-0.4, -0.2) is 32.6 Å². The highest BCUT2D eigenvalue weighted by Crippen LogP contribution is 2.27. The number of hydrogen-bond donors (Lipinski definition) is 2. The summed E-state index contributed by atoms with van der Waals surface area (Å²) in [5, 5.41) is 5.83. The highest BCUT2D eigenvalue weighted by molar-refractivity contribution is 6.30. The number of carbonyl (C=O) groups excluding carboxylic acids is 2. The van der Waals surface area contributed by atoms with Crippen LogP contribution in [0, 0.1) is 0 Å². The molecule has 0 aliphatic carbocycles. The van der Waals surface area contributed by atoms with Gasteiger partial charge in [-0.3, -0.25) is 9.59 Å². The topological polar surface area (TPSA) is 76.7 Å². The summed E-state index contributed by atoms with van der Waals surface area (Å²) < 4.78 is 10.4. The number of carbonyl (C=O) groups is 2. The summed E-state index contributed by atoms with van der Waals surface area (Å²) in [6.07, 6.45) is 0. The van der Waals surface area contributed by atoms with Gasteiger partial charge in [-0.15, -0.1) is 0 Å². The van der Waals surface area contributed by atoms with Gasteiger partial charge in [0.15, 0.2) is 11.5 Å². The summed E-state index contributed by atoms with van der Waals surface area (Å²) in [7, 11) is 3.11. The molecule has 0 bridgehead atoms. The monoisotopic (exact) mass is 362 g/mol. The number of benzene rings is 2. The zero-order valence-corrected chi connectivity index (χ0v) is 14.7. The van der Waals surface area contributed by atoms with Crippen molar-refractivity contribution in [1.29, 1.82) is 0 Å². The Kier molecular flexibility index (Phi) is 6.65. The molecular weight excluding hydrogens is 344 g/mol. The summed E-state index contributed by atoms with van der Waals surface area (Å²) in [4.78, 5) is 23.8. The zero-order chi connectivity index (χ0) is 18.2. The maximum absolute atomic E-state index is 11.9. The van der Waals surface area contributed by atoms with Crippen LogP contribution in [0.1, 0.15) is 15.9 Å². The van der Waals surface area contributed by atoms with E-state index in [-0.39, 0.29) is 18.4 Å². The van der Waals surface area contributed by atoms with Crippen LogP contribution in [-0.2, 0) is 11.3 Å². The van der Waals surface area contributed by atoms with Crippen LogP contribution < -0.4 is 20.1 Å².